The second kappa shape index (κ2) is 12.6. The van der Waals surface area contributed by atoms with Crippen LogP contribution in [0.4, 0.5) is 13.2 Å². The van der Waals surface area contributed by atoms with Crippen LogP contribution in [0.1, 0.15) is 26.2 Å². The number of halogens is 4. The van der Waals surface area contributed by atoms with E-state index < -0.39 is 12.7 Å². The molecule has 0 aromatic heterocycles. The molecule has 1 aliphatic rings. The molecule has 2 N–H and O–H groups in total. The number of guanidine groups is 1. The molecule has 0 aromatic carbocycles. The van der Waals surface area contributed by atoms with Gasteiger partial charge in [0.2, 0.25) is 5.91 Å². The SMILES string of the molecule is CCNC(=NCC(=O)N1CCCC1)NCCCN(C)CC(F)(F)F.I. The lowest BCUT2D eigenvalue weighted by molar-refractivity contribution is -0.143. The lowest BCUT2D eigenvalue weighted by atomic mass is 10.4. The Morgan fingerprint density at radius 1 is 1.24 bits per heavy atom. The first kappa shape index (κ1) is 24.2. The van der Waals surface area contributed by atoms with Crippen LogP contribution < -0.4 is 10.6 Å². The summed E-state index contributed by atoms with van der Waals surface area (Å²) in [5.74, 6) is 0.526. The number of hydrogen-bond acceptors (Lipinski definition) is 3. The second-order valence-corrected chi connectivity index (χ2v) is 5.92. The van der Waals surface area contributed by atoms with Crippen molar-refractivity contribution >= 4 is 35.8 Å². The molecule has 0 saturated carbocycles. The fourth-order valence-corrected chi connectivity index (χ4v) is 2.50. The highest BCUT2D eigenvalue weighted by Crippen LogP contribution is 2.15. The topological polar surface area (TPSA) is 60.0 Å². The zero-order valence-corrected chi connectivity index (χ0v) is 17.2. The monoisotopic (exact) mass is 479 g/mol. The Balaban J connectivity index is 0.00000576. The summed E-state index contributed by atoms with van der Waals surface area (Å²) in [6, 6.07) is 0. The molecule has 6 nitrogen and oxygen atoms in total. The highest BCUT2D eigenvalue weighted by Gasteiger charge is 2.28. The van der Waals surface area contributed by atoms with Gasteiger partial charge in [-0.3, -0.25) is 9.69 Å². The van der Waals surface area contributed by atoms with E-state index in [0.29, 0.717) is 32.0 Å². The number of likely N-dealkylation sites (tertiary alicyclic amines) is 1. The molecule has 148 valence electrons. The normalized spacial score (nSPS) is 15.3. The van der Waals surface area contributed by atoms with E-state index in [-0.39, 0.29) is 36.4 Å². The molecule has 1 rings (SSSR count). The third kappa shape index (κ3) is 11.4. The van der Waals surface area contributed by atoms with Crippen LogP contribution in [0.25, 0.3) is 0 Å². The first-order valence-corrected chi connectivity index (χ1v) is 8.37. The van der Waals surface area contributed by atoms with Crippen LogP contribution in [0, 0.1) is 0 Å². The third-order valence-electron chi connectivity index (χ3n) is 3.63. The quantitative estimate of drug-likeness (QED) is 0.241. The molecule has 1 aliphatic heterocycles. The average molecular weight is 479 g/mol. The number of carbonyl (C=O) groups is 1. The molecule has 0 radical (unpaired) electrons. The maximum Gasteiger partial charge on any atom is 0.401 e. The summed E-state index contributed by atoms with van der Waals surface area (Å²) in [7, 11) is 1.45. The maximum atomic E-state index is 12.2. The first-order chi connectivity index (χ1) is 11.3. The summed E-state index contributed by atoms with van der Waals surface area (Å²) in [6.45, 7) is 4.15. The highest BCUT2D eigenvalue weighted by molar-refractivity contribution is 14.0. The van der Waals surface area contributed by atoms with Crippen molar-refractivity contribution in [2.24, 2.45) is 4.99 Å². The molecule has 1 saturated heterocycles. The van der Waals surface area contributed by atoms with Gasteiger partial charge in [-0.1, -0.05) is 0 Å². The molecular formula is C15H29F3IN5O. The lowest BCUT2D eigenvalue weighted by Gasteiger charge is -2.19. The van der Waals surface area contributed by atoms with Gasteiger partial charge in [0.15, 0.2) is 5.96 Å². The Morgan fingerprint density at radius 3 is 2.44 bits per heavy atom. The van der Waals surface area contributed by atoms with Gasteiger partial charge in [0, 0.05) is 26.2 Å². The number of nitrogens with zero attached hydrogens (tertiary/aromatic N) is 3. The summed E-state index contributed by atoms with van der Waals surface area (Å²) in [5, 5.41) is 6.07. The summed E-state index contributed by atoms with van der Waals surface area (Å²) >= 11 is 0. The predicted molar refractivity (Wildman–Crippen MR) is 103 cm³/mol. The molecule has 0 unspecified atom stereocenters. The average Bonchev–Trinajstić information content (AvgIpc) is 3.01. The van der Waals surface area contributed by atoms with E-state index in [0.717, 1.165) is 25.9 Å². The molecule has 0 bridgehead atoms. The zero-order valence-electron chi connectivity index (χ0n) is 14.9. The summed E-state index contributed by atoms with van der Waals surface area (Å²) < 4.78 is 36.7. The van der Waals surface area contributed by atoms with Gasteiger partial charge in [-0.2, -0.15) is 13.2 Å². The van der Waals surface area contributed by atoms with Crippen LogP contribution in [-0.2, 0) is 4.79 Å². The van der Waals surface area contributed by atoms with Crippen molar-refractivity contribution in [1.82, 2.24) is 20.4 Å². The number of aliphatic imine (C=N–C) groups is 1. The molecule has 1 heterocycles. The van der Waals surface area contributed by atoms with Crippen molar-refractivity contribution in [1.29, 1.82) is 0 Å². The van der Waals surface area contributed by atoms with E-state index in [9.17, 15) is 18.0 Å². The molecule has 0 aliphatic carbocycles. The fourth-order valence-electron chi connectivity index (χ4n) is 2.50. The van der Waals surface area contributed by atoms with Crippen molar-refractivity contribution in [3.05, 3.63) is 0 Å². The first-order valence-electron chi connectivity index (χ1n) is 8.37. The minimum absolute atomic E-state index is 0. The Labute approximate surface area is 164 Å². The Hall–Kier alpha value is -0.780. The van der Waals surface area contributed by atoms with Gasteiger partial charge < -0.3 is 15.5 Å². The van der Waals surface area contributed by atoms with Crippen LogP contribution in [-0.4, -0.2) is 80.7 Å². The number of hydrogen-bond donors (Lipinski definition) is 2. The molecule has 25 heavy (non-hydrogen) atoms. The van der Waals surface area contributed by atoms with Crippen molar-refractivity contribution in [2.45, 2.75) is 32.4 Å². The standard InChI is InChI=1S/C15H28F3N5O.HI/c1-3-19-14(21-11-13(24)23-9-4-5-10-23)20-7-6-8-22(2)12-15(16,17)18;/h3-12H2,1-2H3,(H2,19,20,21);1H. The number of amides is 1. The summed E-state index contributed by atoms with van der Waals surface area (Å²) in [4.78, 5) is 19.2. The molecule has 1 fully saturated rings. The number of carbonyl (C=O) groups excluding carboxylic acids is 1. The Morgan fingerprint density at radius 2 is 1.88 bits per heavy atom. The lowest BCUT2D eigenvalue weighted by Crippen LogP contribution is -2.40. The van der Waals surface area contributed by atoms with Gasteiger partial charge in [-0.25, -0.2) is 4.99 Å². The predicted octanol–water partition coefficient (Wildman–Crippen LogP) is 1.67. The second-order valence-electron chi connectivity index (χ2n) is 5.92. The van der Waals surface area contributed by atoms with Crippen LogP contribution in [0.2, 0.25) is 0 Å². The van der Waals surface area contributed by atoms with Gasteiger partial charge in [0.05, 0.1) is 6.54 Å². The van der Waals surface area contributed by atoms with E-state index in [2.05, 4.69) is 15.6 Å². The van der Waals surface area contributed by atoms with Gasteiger partial charge in [0.1, 0.15) is 6.54 Å². The molecule has 10 heteroatoms. The summed E-state index contributed by atoms with van der Waals surface area (Å²) in [5.41, 5.74) is 0. The molecule has 0 atom stereocenters. The van der Waals surface area contributed by atoms with Crippen molar-refractivity contribution < 1.29 is 18.0 Å². The van der Waals surface area contributed by atoms with E-state index in [1.54, 1.807) is 4.90 Å². The minimum atomic E-state index is -4.17. The molecular weight excluding hydrogens is 450 g/mol. The van der Waals surface area contributed by atoms with Crippen molar-refractivity contribution in [2.75, 3.05) is 52.9 Å². The van der Waals surface area contributed by atoms with Crippen LogP contribution >= 0.6 is 24.0 Å². The van der Waals surface area contributed by atoms with Crippen LogP contribution in [0.3, 0.4) is 0 Å². The maximum absolute atomic E-state index is 12.2. The third-order valence-corrected chi connectivity index (χ3v) is 3.63. The van der Waals surface area contributed by atoms with Gasteiger partial charge >= 0.3 is 6.18 Å². The Bertz CT molecular complexity index is 414. The zero-order chi connectivity index (χ0) is 18.0. The highest BCUT2D eigenvalue weighted by atomic mass is 127. The van der Waals surface area contributed by atoms with Gasteiger partial charge in [0.25, 0.3) is 0 Å². The summed E-state index contributed by atoms with van der Waals surface area (Å²) in [6.07, 6.45) is -1.54. The van der Waals surface area contributed by atoms with E-state index in [1.165, 1.54) is 11.9 Å². The minimum Gasteiger partial charge on any atom is -0.357 e. The van der Waals surface area contributed by atoms with Crippen LogP contribution in [0.5, 0.6) is 0 Å². The molecule has 0 spiro atoms. The van der Waals surface area contributed by atoms with Gasteiger partial charge in [-0.15, -0.1) is 24.0 Å². The largest absolute Gasteiger partial charge is 0.401 e. The van der Waals surface area contributed by atoms with Gasteiger partial charge in [-0.05, 0) is 39.8 Å². The fraction of sp³-hybridized carbons (Fsp3) is 0.867. The number of nitrogens with one attached hydrogen (secondary N) is 2. The number of rotatable bonds is 8. The number of alkyl halides is 3. The molecule has 0 aromatic rings. The molecule has 1 amide bonds. The van der Waals surface area contributed by atoms with E-state index >= 15 is 0 Å². The van der Waals surface area contributed by atoms with E-state index in [4.69, 9.17) is 0 Å². The van der Waals surface area contributed by atoms with Crippen molar-refractivity contribution in [3.63, 3.8) is 0 Å². The van der Waals surface area contributed by atoms with E-state index in [1.807, 2.05) is 6.92 Å². The van der Waals surface area contributed by atoms with Crippen molar-refractivity contribution in [3.8, 4) is 0 Å². The smallest absolute Gasteiger partial charge is 0.357 e. The van der Waals surface area contributed by atoms with Crippen LogP contribution in [0.15, 0.2) is 4.99 Å². The Kier molecular flexibility index (Phi) is 12.2.